The van der Waals surface area contributed by atoms with Crippen molar-refractivity contribution in [1.82, 2.24) is 5.32 Å². The van der Waals surface area contributed by atoms with Gasteiger partial charge in [0, 0.05) is 12.1 Å². The molecule has 1 aliphatic heterocycles. The van der Waals surface area contributed by atoms with E-state index in [1.807, 2.05) is 0 Å². The minimum Gasteiger partial charge on any atom is -0.496 e. The van der Waals surface area contributed by atoms with E-state index in [0.29, 0.717) is 15.8 Å². The molecule has 0 atom stereocenters. The van der Waals surface area contributed by atoms with Crippen LogP contribution in [0.15, 0.2) is 52.5 Å². The average Bonchev–Trinajstić information content (AvgIpc) is 2.65. The lowest BCUT2D eigenvalue weighted by molar-refractivity contribution is -0.384. The van der Waals surface area contributed by atoms with Gasteiger partial charge >= 0.3 is 6.03 Å². The maximum atomic E-state index is 12.8. The molecule has 0 aromatic heterocycles. The highest BCUT2D eigenvalue weighted by Gasteiger charge is 2.36. The Balaban J connectivity index is 1.98. The van der Waals surface area contributed by atoms with E-state index in [4.69, 9.17) is 4.74 Å². The number of hydrogen-bond acceptors (Lipinski definition) is 6. The van der Waals surface area contributed by atoms with Crippen LogP contribution in [0.5, 0.6) is 5.75 Å². The van der Waals surface area contributed by atoms with E-state index in [9.17, 15) is 24.5 Å². The Kier molecular flexibility index (Phi) is 5.23. The number of ether oxygens (including phenoxy) is 1. The van der Waals surface area contributed by atoms with E-state index in [1.165, 1.54) is 25.3 Å². The number of anilines is 1. The number of carbonyl (C=O) groups is 3. The highest BCUT2D eigenvalue weighted by molar-refractivity contribution is 9.10. The minimum atomic E-state index is -0.933. The zero-order chi connectivity index (χ0) is 20.4. The molecule has 3 rings (SSSR count). The van der Waals surface area contributed by atoms with Crippen molar-refractivity contribution in [2.45, 2.75) is 0 Å². The number of nitrogens with zero attached hydrogens (tertiary/aromatic N) is 2. The number of imide groups is 2. The zero-order valence-corrected chi connectivity index (χ0v) is 15.9. The molecular weight excluding hydrogens is 434 g/mol. The molecule has 28 heavy (non-hydrogen) atoms. The second-order valence-electron chi connectivity index (χ2n) is 5.63. The molecule has 1 fully saturated rings. The number of barbiturate groups is 1. The fourth-order valence-corrected chi connectivity index (χ4v) is 3.11. The van der Waals surface area contributed by atoms with Crippen LogP contribution < -0.4 is 15.0 Å². The zero-order valence-electron chi connectivity index (χ0n) is 14.3. The van der Waals surface area contributed by atoms with E-state index in [-0.39, 0.29) is 16.9 Å². The molecule has 0 bridgehead atoms. The first kappa shape index (κ1) is 19.2. The Morgan fingerprint density at radius 1 is 1.14 bits per heavy atom. The number of nitro benzene ring substituents is 1. The Bertz CT molecular complexity index is 1030. The van der Waals surface area contributed by atoms with Gasteiger partial charge in [-0.1, -0.05) is 6.07 Å². The number of non-ortho nitro benzene ring substituents is 1. The van der Waals surface area contributed by atoms with Crippen molar-refractivity contribution in [2.75, 3.05) is 12.0 Å². The van der Waals surface area contributed by atoms with Gasteiger partial charge < -0.3 is 4.74 Å². The molecule has 0 radical (unpaired) electrons. The number of methoxy groups -OCH3 is 1. The normalized spacial score (nSPS) is 15.6. The number of carbonyl (C=O) groups excluding carboxylic acids is 3. The number of urea groups is 1. The number of nitrogens with one attached hydrogen (secondary N) is 1. The van der Waals surface area contributed by atoms with Crippen molar-refractivity contribution in [3.8, 4) is 5.75 Å². The maximum Gasteiger partial charge on any atom is 0.335 e. The minimum absolute atomic E-state index is 0.0995. The second kappa shape index (κ2) is 7.61. The first-order valence-corrected chi connectivity index (χ1v) is 8.60. The van der Waals surface area contributed by atoms with Crippen LogP contribution in [-0.4, -0.2) is 29.9 Å². The molecule has 2 aromatic rings. The summed E-state index contributed by atoms with van der Waals surface area (Å²) in [7, 11) is 1.50. The van der Waals surface area contributed by atoms with Crippen LogP contribution in [0.2, 0.25) is 0 Å². The molecule has 1 aliphatic rings. The summed E-state index contributed by atoms with van der Waals surface area (Å²) in [6.07, 6.45) is 1.34. The summed E-state index contributed by atoms with van der Waals surface area (Å²) in [6, 6.07) is 8.85. The molecule has 0 saturated carbocycles. The summed E-state index contributed by atoms with van der Waals surface area (Å²) in [5.41, 5.74) is 0.185. The predicted octanol–water partition coefficient (Wildman–Crippen LogP) is 3.03. The standard InChI is InChI=1S/C18H12BrN3O6/c1-28-15-7-2-10(9-14(15)19)8-13-16(23)20-18(25)21(17(13)24)11-3-5-12(6-4-11)22(26)27/h2-9H,1H3,(H,20,23,25)/b13-8+. The molecule has 1 N–H and O–H groups in total. The highest BCUT2D eigenvalue weighted by Crippen LogP contribution is 2.28. The summed E-state index contributed by atoms with van der Waals surface area (Å²) in [5, 5.41) is 12.9. The van der Waals surface area contributed by atoms with Crippen LogP contribution in [0.1, 0.15) is 5.56 Å². The summed E-state index contributed by atoms with van der Waals surface area (Å²) in [5.74, 6) is -1.10. The molecule has 9 nitrogen and oxygen atoms in total. The lowest BCUT2D eigenvalue weighted by atomic mass is 10.1. The molecule has 10 heteroatoms. The van der Waals surface area contributed by atoms with E-state index in [0.717, 1.165) is 17.0 Å². The molecular formula is C18H12BrN3O6. The molecule has 0 spiro atoms. The predicted molar refractivity (Wildman–Crippen MR) is 103 cm³/mol. The maximum absolute atomic E-state index is 12.8. The first-order valence-electron chi connectivity index (χ1n) is 7.81. The Morgan fingerprint density at radius 2 is 1.82 bits per heavy atom. The number of rotatable bonds is 4. The molecule has 1 heterocycles. The van der Waals surface area contributed by atoms with E-state index >= 15 is 0 Å². The Labute approximate surface area is 166 Å². The third-order valence-electron chi connectivity index (χ3n) is 3.91. The van der Waals surface area contributed by atoms with Crippen LogP contribution in [0.25, 0.3) is 6.08 Å². The monoisotopic (exact) mass is 445 g/mol. The third kappa shape index (κ3) is 3.62. The van der Waals surface area contributed by atoms with Gasteiger partial charge in [0.05, 0.1) is 22.2 Å². The summed E-state index contributed by atoms with van der Waals surface area (Å²) in [4.78, 5) is 48.0. The quantitative estimate of drug-likeness (QED) is 0.334. The Morgan fingerprint density at radius 3 is 2.39 bits per heavy atom. The molecule has 1 saturated heterocycles. The number of halogens is 1. The van der Waals surface area contributed by atoms with Gasteiger partial charge in [0.2, 0.25) is 0 Å². The van der Waals surface area contributed by atoms with Crippen LogP contribution >= 0.6 is 15.9 Å². The lowest BCUT2D eigenvalue weighted by Gasteiger charge is -2.26. The molecule has 2 aromatic carbocycles. The third-order valence-corrected chi connectivity index (χ3v) is 4.53. The lowest BCUT2D eigenvalue weighted by Crippen LogP contribution is -2.54. The van der Waals surface area contributed by atoms with Gasteiger partial charge in [-0.2, -0.15) is 0 Å². The van der Waals surface area contributed by atoms with Crippen LogP contribution in [-0.2, 0) is 9.59 Å². The number of nitro groups is 1. The van der Waals surface area contributed by atoms with Crippen LogP contribution in [0, 0.1) is 10.1 Å². The fraction of sp³-hybridized carbons (Fsp3) is 0.0556. The van der Waals surface area contributed by atoms with Gasteiger partial charge in [-0.15, -0.1) is 0 Å². The topological polar surface area (TPSA) is 119 Å². The first-order chi connectivity index (χ1) is 13.3. The molecule has 0 aliphatic carbocycles. The van der Waals surface area contributed by atoms with Gasteiger partial charge in [0.15, 0.2) is 0 Å². The fourth-order valence-electron chi connectivity index (χ4n) is 2.55. The van der Waals surface area contributed by atoms with Crippen LogP contribution in [0.3, 0.4) is 0 Å². The van der Waals surface area contributed by atoms with E-state index in [1.54, 1.807) is 18.2 Å². The van der Waals surface area contributed by atoms with Gasteiger partial charge in [-0.25, -0.2) is 9.69 Å². The van der Waals surface area contributed by atoms with Gasteiger partial charge in [-0.3, -0.25) is 25.0 Å². The van der Waals surface area contributed by atoms with Crippen molar-refractivity contribution < 1.29 is 24.0 Å². The SMILES string of the molecule is COc1ccc(/C=C2\C(=O)NC(=O)N(c3ccc([N+](=O)[O-])cc3)C2=O)cc1Br. The molecule has 4 amide bonds. The molecule has 0 unspecified atom stereocenters. The second-order valence-corrected chi connectivity index (χ2v) is 6.48. The summed E-state index contributed by atoms with van der Waals surface area (Å²) in [6.45, 7) is 0. The van der Waals surface area contributed by atoms with Crippen LogP contribution in [0.4, 0.5) is 16.2 Å². The number of amides is 4. The number of benzene rings is 2. The van der Waals surface area contributed by atoms with Crippen molar-refractivity contribution >= 4 is 51.2 Å². The van der Waals surface area contributed by atoms with Gasteiger partial charge in [0.1, 0.15) is 11.3 Å². The highest BCUT2D eigenvalue weighted by atomic mass is 79.9. The van der Waals surface area contributed by atoms with Gasteiger partial charge in [-0.05, 0) is 51.8 Å². The summed E-state index contributed by atoms with van der Waals surface area (Å²) < 4.78 is 5.75. The van der Waals surface area contributed by atoms with Crippen molar-refractivity contribution in [3.63, 3.8) is 0 Å². The average molecular weight is 446 g/mol. The smallest absolute Gasteiger partial charge is 0.335 e. The summed E-state index contributed by atoms with van der Waals surface area (Å²) >= 11 is 3.32. The largest absolute Gasteiger partial charge is 0.496 e. The van der Waals surface area contributed by atoms with E-state index < -0.39 is 22.8 Å². The Hall–Kier alpha value is -3.53. The van der Waals surface area contributed by atoms with Crippen molar-refractivity contribution in [3.05, 3.63) is 68.2 Å². The van der Waals surface area contributed by atoms with Crippen molar-refractivity contribution in [2.24, 2.45) is 0 Å². The number of hydrogen-bond donors (Lipinski definition) is 1. The van der Waals surface area contributed by atoms with Gasteiger partial charge in [0.25, 0.3) is 17.5 Å². The van der Waals surface area contributed by atoms with E-state index in [2.05, 4.69) is 21.2 Å². The van der Waals surface area contributed by atoms with Crippen molar-refractivity contribution in [1.29, 1.82) is 0 Å². The molecule has 142 valence electrons.